The van der Waals surface area contributed by atoms with Crippen molar-refractivity contribution >= 4 is 39.9 Å². The van der Waals surface area contributed by atoms with Gasteiger partial charge in [0.25, 0.3) is 5.91 Å². The summed E-state index contributed by atoms with van der Waals surface area (Å²) < 4.78 is 59.3. The van der Waals surface area contributed by atoms with E-state index in [2.05, 4.69) is 15.4 Å². The van der Waals surface area contributed by atoms with Crippen LogP contribution in [0.4, 0.5) is 14.0 Å². The molecule has 0 aromatic heterocycles. The number of ether oxygens (including phenoxy) is 3. The van der Waals surface area contributed by atoms with E-state index >= 15 is 0 Å². The number of rotatable bonds is 7. The van der Waals surface area contributed by atoms with Crippen molar-refractivity contribution in [2.75, 3.05) is 26.8 Å². The first-order valence-corrected chi connectivity index (χ1v) is 20.7. The van der Waals surface area contributed by atoms with Crippen LogP contribution < -0.4 is 15.4 Å². The van der Waals surface area contributed by atoms with Gasteiger partial charge in [-0.3, -0.25) is 24.0 Å². The molecule has 302 valence electrons. The molecular weight excluding hydrogens is 738 g/mol. The fourth-order valence-electron chi connectivity index (χ4n) is 7.77. The van der Waals surface area contributed by atoms with E-state index < -0.39 is 86.5 Å². The maximum absolute atomic E-state index is 14.7. The van der Waals surface area contributed by atoms with Crippen LogP contribution >= 0.6 is 0 Å². The maximum atomic E-state index is 14.7. The third-order valence-electron chi connectivity index (χ3n) is 10.9. The van der Waals surface area contributed by atoms with Crippen LogP contribution in [0, 0.1) is 11.7 Å². The lowest BCUT2D eigenvalue weighted by molar-refractivity contribution is -0.141. The normalized spacial score (nSPS) is 28.7. The first kappa shape index (κ1) is 40.4. The number of allylic oxidation sites excluding steroid dienone is 1. The monoisotopic (exact) mass is 789 g/mol. The summed E-state index contributed by atoms with van der Waals surface area (Å²) in [5.41, 5.74) is -1.34. The number of fused-ring (bicyclic) bond motifs is 3. The molecule has 1 aromatic carbocycles. The van der Waals surface area contributed by atoms with Crippen molar-refractivity contribution in [2.24, 2.45) is 5.92 Å². The molecule has 2 unspecified atom stereocenters. The molecule has 2 aliphatic carbocycles. The van der Waals surface area contributed by atoms with Gasteiger partial charge in [-0.1, -0.05) is 37.1 Å². The summed E-state index contributed by atoms with van der Waals surface area (Å²) >= 11 is 0. The molecule has 6 atom stereocenters. The van der Waals surface area contributed by atoms with Gasteiger partial charge in [0.2, 0.25) is 21.8 Å². The molecule has 0 bridgehead atoms. The Kier molecular flexibility index (Phi) is 11.8. The highest BCUT2D eigenvalue weighted by atomic mass is 32.2. The van der Waals surface area contributed by atoms with Crippen LogP contribution in [0.1, 0.15) is 95.7 Å². The van der Waals surface area contributed by atoms with E-state index in [-0.39, 0.29) is 51.2 Å². The molecule has 0 radical (unpaired) electrons. The van der Waals surface area contributed by atoms with E-state index in [1.807, 2.05) is 12.2 Å². The molecule has 0 spiro atoms. The molecule has 3 heterocycles. The molecule has 2 saturated carbocycles. The summed E-state index contributed by atoms with van der Waals surface area (Å²) in [6, 6.07) is 1.67. The van der Waals surface area contributed by atoms with Gasteiger partial charge in [-0.2, -0.15) is 0 Å². The Hall–Kier alpha value is -4.25. The summed E-state index contributed by atoms with van der Waals surface area (Å²) in [7, 11) is -2.46. The number of alkyl carbamates (subject to hydrolysis) is 1. The molecule has 3 aliphatic heterocycles. The average Bonchev–Trinajstić information content (AvgIpc) is 4.03. The van der Waals surface area contributed by atoms with Crippen LogP contribution in [-0.4, -0.2) is 110 Å². The number of hydrogen-bond acceptors (Lipinski definition) is 10. The summed E-state index contributed by atoms with van der Waals surface area (Å²) in [6.45, 7) is 5.08. The van der Waals surface area contributed by atoms with Crippen molar-refractivity contribution < 1.29 is 51.0 Å². The number of nitrogens with zero attached hydrogens (tertiary/aromatic N) is 2. The van der Waals surface area contributed by atoms with Crippen molar-refractivity contribution in [1.82, 2.24) is 25.2 Å². The van der Waals surface area contributed by atoms with Gasteiger partial charge in [0, 0.05) is 26.0 Å². The largest absolute Gasteiger partial charge is 0.444 e. The number of sulfonamides is 1. The van der Waals surface area contributed by atoms with Gasteiger partial charge in [0.15, 0.2) is 0 Å². The van der Waals surface area contributed by atoms with Gasteiger partial charge < -0.3 is 29.7 Å². The number of amides is 5. The Morgan fingerprint density at radius 3 is 2.56 bits per heavy atom. The molecule has 6 rings (SSSR count). The highest BCUT2D eigenvalue weighted by Crippen LogP contribution is 2.46. The minimum Gasteiger partial charge on any atom is -0.444 e. The highest BCUT2D eigenvalue weighted by molar-refractivity contribution is 7.91. The van der Waals surface area contributed by atoms with E-state index in [1.165, 1.54) is 23.0 Å². The fraction of sp³-hybridized carbons (Fsp3) is 0.658. The van der Waals surface area contributed by atoms with Crippen LogP contribution in [0.3, 0.4) is 0 Å². The minimum atomic E-state index is -3.93. The number of halogens is 1. The number of carbonyl (C=O) groups excluding carboxylic acids is 5. The zero-order valence-corrected chi connectivity index (χ0v) is 32.6. The first-order valence-electron chi connectivity index (χ1n) is 19.1. The average molecular weight is 790 g/mol. The first-order chi connectivity index (χ1) is 26.0. The summed E-state index contributed by atoms with van der Waals surface area (Å²) in [6.07, 6.45) is 5.25. The molecule has 3 N–H and O–H groups in total. The van der Waals surface area contributed by atoms with Gasteiger partial charge in [-0.15, -0.1) is 0 Å². The quantitative estimate of drug-likeness (QED) is 0.346. The van der Waals surface area contributed by atoms with Gasteiger partial charge in [-0.25, -0.2) is 22.4 Å². The molecule has 3 fully saturated rings. The van der Waals surface area contributed by atoms with Crippen LogP contribution in [0.5, 0.6) is 0 Å². The molecular formula is C38H52FN5O10S. The van der Waals surface area contributed by atoms with Gasteiger partial charge in [0.1, 0.15) is 35.1 Å². The van der Waals surface area contributed by atoms with E-state index in [0.29, 0.717) is 43.2 Å². The van der Waals surface area contributed by atoms with Crippen molar-refractivity contribution in [3.8, 4) is 0 Å². The maximum Gasteiger partial charge on any atom is 0.410 e. The van der Waals surface area contributed by atoms with E-state index in [9.17, 15) is 36.8 Å². The Balaban J connectivity index is 1.27. The molecule has 15 nitrogen and oxygen atoms in total. The number of hydrogen-bond donors (Lipinski definition) is 3. The number of methoxy groups -OCH3 is 1. The van der Waals surface area contributed by atoms with Crippen LogP contribution in [0.2, 0.25) is 0 Å². The van der Waals surface area contributed by atoms with Gasteiger partial charge >= 0.3 is 12.2 Å². The van der Waals surface area contributed by atoms with E-state index in [4.69, 9.17) is 14.2 Å². The molecule has 55 heavy (non-hydrogen) atoms. The molecule has 5 amide bonds. The zero-order chi connectivity index (χ0) is 39.7. The van der Waals surface area contributed by atoms with E-state index in [0.717, 1.165) is 6.42 Å². The number of carbonyl (C=O) groups is 5. The molecule has 5 aliphatic rings. The highest BCUT2D eigenvalue weighted by Gasteiger charge is 2.62. The second kappa shape index (κ2) is 16.1. The van der Waals surface area contributed by atoms with Gasteiger partial charge in [-0.05, 0) is 82.9 Å². The lowest BCUT2D eigenvalue weighted by Crippen LogP contribution is -2.58. The lowest BCUT2D eigenvalue weighted by atomic mass is 9.93. The zero-order valence-electron chi connectivity index (χ0n) is 31.8. The summed E-state index contributed by atoms with van der Waals surface area (Å²) in [4.78, 5) is 71.9. The number of benzene rings is 1. The Morgan fingerprint density at radius 1 is 1.09 bits per heavy atom. The third kappa shape index (κ3) is 9.25. The Morgan fingerprint density at radius 2 is 1.85 bits per heavy atom. The van der Waals surface area contributed by atoms with Crippen molar-refractivity contribution in [1.29, 1.82) is 0 Å². The van der Waals surface area contributed by atoms with Crippen molar-refractivity contribution in [2.45, 2.75) is 126 Å². The second-order valence-corrected chi connectivity index (χ2v) is 18.1. The van der Waals surface area contributed by atoms with Crippen LogP contribution in [-0.2, 0) is 45.0 Å². The SMILES string of the molecule is COCC1c2cccc(F)c2CCN1C(=O)O[C@@H]1CC2C(=O)N[C@]3(C(=O)NS(=O)(=O)C4CC4)C[C@H]3C=CCCCCC[C@H](NC(=O)OC(C)(C)C)C(=O)N2C1. The predicted octanol–water partition coefficient (Wildman–Crippen LogP) is 3.37. The molecule has 17 heteroatoms. The minimum absolute atomic E-state index is 0.0695. The number of nitrogens with one attached hydrogen (secondary N) is 3. The third-order valence-corrected chi connectivity index (χ3v) is 12.7. The second-order valence-electron chi connectivity index (χ2n) is 16.2. The summed E-state index contributed by atoms with van der Waals surface area (Å²) in [5.74, 6) is -3.04. The Bertz CT molecular complexity index is 1810. The van der Waals surface area contributed by atoms with Crippen molar-refractivity contribution in [3.05, 3.63) is 47.3 Å². The van der Waals surface area contributed by atoms with Gasteiger partial charge in [0.05, 0.1) is 24.4 Å². The van der Waals surface area contributed by atoms with Crippen LogP contribution in [0.25, 0.3) is 0 Å². The Labute approximate surface area is 321 Å². The predicted molar refractivity (Wildman–Crippen MR) is 196 cm³/mol. The topological polar surface area (TPSA) is 190 Å². The standard InChI is InChI=1S/C38H52FN5O10S/c1-37(2,3)54-35(48)40-29-14-9-7-5-6-8-11-23-20-38(23,34(47)42-55(50,51)25-15-16-25)41-32(45)30-19-24(21-44(30)33(29)46)53-36(49)43-18-17-26-27(31(43)22-52-4)12-10-13-28(26)39/h8,10-13,23-25,29-31H,5-7,9,14-22H2,1-4H3,(H,40,48)(H,41,45)(H,42,47)/t23-,24-,29+,30?,31?,38-/m1/s1. The fourth-order valence-corrected chi connectivity index (χ4v) is 9.13. The molecule has 1 saturated heterocycles. The smallest absolute Gasteiger partial charge is 0.410 e. The van der Waals surface area contributed by atoms with E-state index in [1.54, 1.807) is 32.9 Å². The summed E-state index contributed by atoms with van der Waals surface area (Å²) in [5, 5.41) is 4.82. The van der Waals surface area contributed by atoms with Crippen LogP contribution in [0.15, 0.2) is 30.4 Å². The molecule has 1 aromatic rings. The lowest BCUT2D eigenvalue weighted by Gasteiger charge is -2.36. The van der Waals surface area contributed by atoms with Crippen molar-refractivity contribution in [3.63, 3.8) is 0 Å².